The second-order valence-corrected chi connectivity index (χ2v) is 10.2. The first-order valence-electron chi connectivity index (χ1n) is 12.8. The van der Waals surface area contributed by atoms with E-state index < -0.39 is 23.4 Å². The van der Waals surface area contributed by atoms with Gasteiger partial charge in [0.05, 0.1) is 5.56 Å². The zero-order chi connectivity index (χ0) is 24.2. The van der Waals surface area contributed by atoms with Gasteiger partial charge >= 0.3 is 5.97 Å². The molecule has 2 aromatic rings. The van der Waals surface area contributed by atoms with Gasteiger partial charge in [0, 0.05) is 0 Å². The number of esters is 1. The second-order valence-electron chi connectivity index (χ2n) is 10.2. The molecule has 2 fully saturated rings. The summed E-state index contributed by atoms with van der Waals surface area (Å²) in [5.41, 5.74) is 1.63. The molecule has 2 aliphatic carbocycles. The van der Waals surface area contributed by atoms with Gasteiger partial charge in [-0.05, 0) is 105 Å². The third-order valence-corrected chi connectivity index (χ3v) is 7.92. The fraction of sp³-hybridized carbons (Fsp3) is 0.552. The molecule has 0 saturated heterocycles. The molecule has 0 heterocycles. The number of carbonyl (C=O) groups excluding carboxylic acids is 1. The molecule has 2 aromatic carbocycles. The summed E-state index contributed by atoms with van der Waals surface area (Å²) < 4.78 is 49.5. The van der Waals surface area contributed by atoms with Crippen LogP contribution in [0.4, 0.5) is 13.2 Å². The van der Waals surface area contributed by atoms with E-state index in [1.165, 1.54) is 18.9 Å². The van der Waals surface area contributed by atoms with Gasteiger partial charge < -0.3 is 4.74 Å². The molecule has 184 valence electrons. The molecular formula is C29H35F3O2. The van der Waals surface area contributed by atoms with E-state index in [9.17, 15) is 9.18 Å². The topological polar surface area (TPSA) is 26.3 Å². The number of aryl methyl sites for hydroxylation is 1. The molecule has 0 atom stereocenters. The third-order valence-electron chi connectivity index (χ3n) is 7.92. The van der Waals surface area contributed by atoms with Crippen LogP contribution < -0.4 is 0 Å². The van der Waals surface area contributed by atoms with Gasteiger partial charge in [-0.3, -0.25) is 0 Å². The number of hydrogen-bond acceptors (Lipinski definition) is 2. The van der Waals surface area contributed by atoms with Gasteiger partial charge in [-0.1, -0.05) is 38.0 Å². The van der Waals surface area contributed by atoms with Gasteiger partial charge in [-0.15, -0.1) is 0 Å². The second kappa shape index (κ2) is 11.0. The molecule has 0 spiro atoms. The molecule has 0 unspecified atom stereocenters. The highest BCUT2D eigenvalue weighted by molar-refractivity contribution is 5.89. The molecular weight excluding hydrogens is 437 g/mol. The Labute approximate surface area is 200 Å². The van der Waals surface area contributed by atoms with Crippen molar-refractivity contribution in [3.8, 4) is 0 Å². The summed E-state index contributed by atoms with van der Waals surface area (Å²) in [7, 11) is 0. The summed E-state index contributed by atoms with van der Waals surface area (Å²) in [6.45, 7) is 3.83. The largest absolute Gasteiger partial charge is 0.459 e. The molecule has 0 N–H and O–H groups in total. The molecule has 2 nitrogen and oxygen atoms in total. The Morgan fingerprint density at radius 1 is 0.853 bits per heavy atom. The molecule has 0 bridgehead atoms. The number of hydrogen-bond donors (Lipinski definition) is 0. The zero-order valence-corrected chi connectivity index (χ0v) is 20.2. The van der Waals surface area contributed by atoms with Gasteiger partial charge in [0.2, 0.25) is 0 Å². The summed E-state index contributed by atoms with van der Waals surface area (Å²) in [5.74, 6) is -1.61. The Hall–Kier alpha value is -2.30. The van der Waals surface area contributed by atoms with E-state index in [0.29, 0.717) is 42.4 Å². The highest BCUT2D eigenvalue weighted by Crippen LogP contribution is 2.41. The minimum absolute atomic E-state index is 0.0874. The van der Waals surface area contributed by atoms with Gasteiger partial charge in [0.25, 0.3) is 0 Å². The van der Waals surface area contributed by atoms with E-state index in [2.05, 4.69) is 6.92 Å². The van der Waals surface area contributed by atoms with Gasteiger partial charge in [-0.25, -0.2) is 18.0 Å². The van der Waals surface area contributed by atoms with Crippen LogP contribution in [0.5, 0.6) is 0 Å². The molecule has 0 amide bonds. The minimum Gasteiger partial charge on any atom is -0.459 e. The summed E-state index contributed by atoms with van der Waals surface area (Å²) in [6.07, 6.45) is 8.57. The maximum atomic E-state index is 15.1. The van der Waals surface area contributed by atoms with E-state index in [1.54, 1.807) is 31.2 Å². The van der Waals surface area contributed by atoms with E-state index in [0.717, 1.165) is 31.6 Å². The molecule has 0 aromatic heterocycles. The lowest BCUT2D eigenvalue weighted by Gasteiger charge is -2.31. The summed E-state index contributed by atoms with van der Waals surface area (Å²) >= 11 is 0. The Morgan fingerprint density at radius 2 is 1.41 bits per heavy atom. The van der Waals surface area contributed by atoms with Crippen molar-refractivity contribution < 1.29 is 22.7 Å². The minimum atomic E-state index is -0.705. The lowest BCUT2D eigenvalue weighted by molar-refractivity contribution is 0.0193. The molecule has 0 radical (unpaired) electrons. The average molecular weight is 473 g/mol. The first-order chi connectivity index (χ1) is 16.4. The van der Waals surface area contributed by atoms with Crippen molar-refractivity contribution in [2.75, 3.05) is 0 Å². The van der Waals surface area contributed by atoms with Crippen LogP contribution in [-0.2, 0) is 4.74 Å². The lowest BCUT2D eigenvalue weighted by atomic mass is 9.76. The number of halogens is 3. The fourth-order valence-electron chi connectivity index (χ4n) is 5.81. The predicted molar refractivity (Wildman–Crippen MR) is 128 cm³/mol. The van der Waals surface area contributed by atoms with Gasteiger partial charge in [-0.2, -0.15) is 0 Å². The van der Waals surface area contributed by atoms with Crippen molar-refractivity contribution >= 4 is 5.97 Å². The number of ether oxygens (including phenoxy) is 1. The van der Waals surface area contributed by atoms with Crippen LogP contribution in [0.3, 0.4) is 0 Å². The smallest absolute Gasteiger partial charge is 0.338 e. The molecule has 2 saturated carbocycles. The Balaban J connectivity index is 1.34. The highest BCUT2D eigenvalue weighted by Gasteiger charge is 2.30. The van der Waals surface area contributed by atoms with E-state index in [4.69, 9.17) is 4.74 Å². The summed E-state index contributed by atoms with van der Waals surface area (Å²) in [4.78, 5) is 12.4. The fourth-order valence-corrected chi connectivity index (χ4v) is 5.81. The quantitative estimate of drug-likeness (QED) is 0.395. The molecule has 2 aliphatic rings. The van der Waals surface area contributed by atoms with Crippen LogP contribution in [-0.4, -0.2) is 12.1 Å². The zero-order valence-electron chi connectivity index (χ0n) is 20.2. The van der Waals surface area contributed by atoms with Crippen molar-refractivity contribution in [2.24, 2.45) is 5.92 Å². The Morgan fingerprint density at radius 3 is 1.94 bits per heavy atom. The van der Waals surface area contributed by atoms with Crippen molar-refractivity contribution in [2.45, 2.75) is 96.0 Å². The molecule has 4 rings (SSSR count). The van der Waals surface area contributed by atoms with Crippen LogP contribution in [0.15, 0.2) is 30.3 Å². The summed E-state index contributed by atoms with van der Waals surface area (Å²) in [6, 6.07) is 7.89. The normalized spacial score (nSPS) is 25.2. The number of rotatable bonds is 6. The van der Waals surface area contributed by atoms with E-state index >= 15 is 8.78 Å². The van der Waals surface area contributed by atoms with Crippen molar-refractivity contribution in [1.82, 2.24) is 0 Å². The average Bonchev–Trinajstić information content (AvgIpc) is 2.84. The van der Waals surface area contributed by atoms with E-state index in [-0.39, 0.29) is 23.5 Å². The number of carbonyl (C=O) groups is 1. The van der Waals surface area contributed by atoms with Gasteiger partial charge in [0.1, 0.15) is 11.9 Å². The first kappa shape index (κ1) is 24.8. The third kappa shape index (κ3) is 5.50. The van der Waals surface area contributed by atoms with Crippen LogP contribution >= 0.6 is 0 Å². The first-order valence-corrected chi connectivity index (χ1v) is 12.8. The number of benzene rings is 2. The van der Waals surface area contributed by atoms with Gasteiger partial charge in [0.15, 0.2) is 11.6 Å². The van der Waals surface area contributed by atoms with Crippen molar-refractivity contribution in [3.05, 3.63) is 70.0 Å². The maximum absolute atomic E-state index is 15.1. The van der Waals surface area contributed by atoms with Crippen LogP contribution in [0, 0.1) is 30.3 Å². The monoisotopic (exact) mass is 472 g/mol. The van der Waals surface area contributed by atoms with E-state index in [1.807, 2.05) is 0 Å². The Kier molecular flexibility index (Phi) is 8.00. The van der Waals surface area contributed by atoms with Crippen LogP contribution in [0.25, 0.3) is 0 Å². The van der Waals surface area contributed by atoms with Crippen molar-refractivity contribution in [3.63, 3.8) is 0 Å². The van der Waals surface area contributed by atoms with Crippen LogP contribution in [0.2, 0.25) is 0 Å². The molecule has 0 aliphatic heterocycles. The maximum Gasteiger partial charge on any atom is 0.338 e. The van der Waals surface area contributed by atoms with Crippen LogP contribution in [0.1, 0.15) is 110 Å². The highest BCUT2D eigenvalue weighted by atomic mass is 19.2. The molecule has 34 heavy (non-hydrogen) atoms. The SMILES string of the molecule is CCCC1CCC(c2ccc(C3CCC(OC(=O)c4ccc(C)c(F)c4)CC3)c(F)c2F)CC1. The lowest BCUT2D eigenvalue weighted by Crippen LogP contribution is -2.24. The predicted octanol–water partition coefficient (Wildman–Crippen LogP) is 8.37. The molecule has 5 heteroatoms. The van der Waals surface area contributed by atoms with Crippen molar-refractivity contribution in [1.29, 1.82) is 0 Å². The summed E-state index contributed by atoms with van der Waals surface area (Å²) in [5, 5.41) is 0. The Bertz CT molecular complexity index is 1000. The standard InChI is InChI=1S/C29H35F3O2/c1-3-4-19-6-9-20(10-7-19)24-15-16-25(28(32)27(24)31)21-11-13-23(14-12-21)34-29(33)22-8-5-18(2)26(30)17-22/h5,8,15-17,19-21,23H,3-4,6-7,9-14H2,1-2H3.